The van der Waals surface area contributed by atoms with Crippen LogP contribution in [0.4, 0.5) is 10.2 Å². The SMILES string of the molecule is CN(C(=O)C1CC=CC1)c1ccc(F)cn1. The number of amides is 1. The maximum atomic E-state index is 12.7. The number of halogens is 1. The molecule has 1 heterocycles. The van der Waals surface area contributed by atoms with Crippen molar-refractivity contribution in [3.8, 4) is 0 Å². The van der Waals surface area contributed by atoms with E-state index < -0.39 is 5.82 Å². The van der Waals surface area contributed by atoms with Gasteiger partial charge in [0.1, 0.15) is 11.6 Å². The lowest BCUT2D eigenvalue weighted by Crippen LogP contribution is -2.32. The second-order valence-electron chi connectivity index (χ2n) is 3.87. The van der Waals surface area contributed by atoms with Crippen LogP contribution in [0.3, 0.4) is 0 Å². The smallest absolute Gasteiger partial charge is 0.231 e. The van der Waals surface area contributed by atoms with Gasteiger partial charge in [-0.2, -0.15) is 0 Å². The zero-order valence-electron chi connectivity index (χ0n) is 9.06. The third-order valence-corrected chi connectivity index (χ3v) is 2.74. The van der Waals surface area contributed by atoms with Gasteiger partial charge in [0, 0.05) is 13.0 Å². The number of carbonyl (C=O) groups is 1. The number of hydrogen-bond donors (Lipinski definition) is 0. The number of hydrogen-bond acceptors (Lipinski definition) is 2. The van der Waals surface area contributed by atoms with Crippen LogP contribution in [0.5, 0.6) is 0 Å². The van der Waals surface area contributed by atoms with Crippen LogP contribution in [0.15, 0.2) is 30.5 Å². The number of anilines is 1. The van der Waals surface area contributed by atoms with Crippen molar-refractivity contribution in [2.75, 3.05) is 11.9 Å². The van der Waals surface area contributed by atoms with E-state index >= 15 is 0 Å². The third-order valence-electron chi connectivity index (χ3n) is 2.74. The van der Waals surface area contributed by atoms with Gasteiger partial charge >= 0.3 is 0 Å². The lowest BCUT2D eigenvalue weighted by atomic mass is 10.1. The van der Waals surface area contributed by atoms with E-state index in [1.54, 1.807) is 7.05 Å². The maximum Gasteiger partial charge on any atom is 0.231 e. The molecule has 16 heavy (non-hydrogen) atoms. The Labute approximate surface area is 93.6 Å². The lowest BCUT2D eigenvalue weighted by Gasteiger charge is -2.19. The van der Waals surface area contributed by atoms with E-state index in [4.69, 9.17) is 0 Å². The predicted molar refractivity (Wildman–Crippen MR) is 59.5 cm³/mol. The molecule has 1 aromatic rings. The highest BCUT2D eigenvalue weighted by Crippen LogP contribution is 2.22. The minimum Gasteiger partial charge on any atom is -0.300 e. The largest absolute Gasteiger partial charge is 0.300 e. The van der Waals surface area contributed by atoms with Crippen LogP contribution in [0.2, 0.25) is 0 Å². The molecule has 0 atom stereocenters. The van der Waals surface area contributed by atoms with Crippen molar-refractivity contribution in [3.63, 3.8) is 0 Å². The number of aromatic nitrogens is 1. The Balaban J connectivity index is 2.09. The standard InChI is InChI=1S/C12H13FN2O/c1-15(11-7-6-10(13)8-14-11)12(16)9-4-2-3-5-9/h2-3,6-9H,4-5H2,1H3. The summed E-state index contributed by atoms with van der Waals surface area (Å²) < 4.78 is 12.7. The molecule has 1 aliphatic rings. The molecule has 2 rings (SSSR count). The quantitative estimate of drug-likeness (QED) is 0.715. The summed E-state index contributed by atoms with van der Waals surface area (Å²) in [5, 5.41) is 0. The van der Waals surface area contributed by atoms with Crippen LogP contribution in [-0.4, -0.2) is 17.9 Å². The summed E-state index contributed by atoms with van der Waals surface area (Å²) in [7, 11) is 1.67. The molecule has 0 fully saturated rings. The summed E-state index contributed by atoms with van der Waals surface area (Å²) in [6.45, 7) is 0. The van der Waals surface area contributed by atoms with Crippen molar-refractivity contribution in [2.24, 2.45) is 5.92 Å². The van der Waals surface area contributed by atoms with Crippen LogP contribution < -0.4 is 4.90 Å². The van der Waals surface area contributed by atoms with Gasteiger partial charge in [0.15, 0.2) is 0 Å². The molecule has 0 aromatic carbocycles. The molecule has 0 N–H and O–H groups in total. The Morgan fingerprint density at radius 1 is 1.44 bits per heavy atom. The first-order chi connectivity index (χ1) is 7.68. The summed E-state index contributed by atoms with van der Waals surface area (Å²) >= 11 is 0. The minimum atomic E-state index is -0.396. The van der Waals surface area contributed by atoms with Gasteiger partial charge in [0.25, 0.3) is 0 Å². The first-order valence-electron chi connectivity index (χ1n) is 5.22. The number of rotatable bonds is 2. The molecule has 0 saturated carbocycles. The Kier molecular flexibility index (Phi) is 2.99. The van der Waals surface area contributed by atoms with Crippen molar-refractivity contribution in [1.82, 2.24) is 4.98 Å². The average Bonchev–Trinajstić information content (AvgIpc) is 2.81. The normalized spacial score (nSPS) is 15.4. The molecule has 1 aliphatic carbocycles. The first-order valence-corrected chi connectivity index (χ1v) is 5.22. The van der Waals surface area contributed by atoms with Crippen molar-refractivity contribution >= 4 is 11.7 Å². The van der Waals surface area contributed by atoms with Crippen molar-refractivity contribution in [3.05, 3.63) is 36.3 Å². The predicted octanol–water partition coefficient (Wildman–Crippen LogP) is 2.15. The summed E-state index contributed by atoms with van der Waals surface area (Å²) in [6.07, 6.45) is 6.70. The van der Waals surface area contributed by atoms with Gasteiger partial charge in [-0.15, -0.1) is 0 Å². The molecule has 3 nitrogen and oxygen atoms in total. The lowest BCUT2D eigenvalue weighted by molar-refractivity contribution is -0.121. The van der Waals surface area contributed by atoms with E-state index in [1.807, 2.05) is 12.2 Å². The Hall–Kier alpha value is -1.71. The number of carbonyl (C=O) groups excluding carboxylic acids is 1. The molecular formula is C12H13FN2O. The molecule has 0 saturated heterocycles. The monoisotopic (exact) mass is 220 g/mol. The van der Waals surface area contributed by atoms with E-state index in [-0.39, 0.29) is 11.8 Å². The summed E-state index contributed by atoms with van der Waals surface area (Å²) in [5.74, 6) is 0.131. The number of nitrogens with zero attached hydrogens (tertiary/aromatic N) is 2. The third kappa shape index (κ3) is 2.10. The van der Waals surface area contributed by atoms with E-state index in [2.05, 4.69) is 4.98 Å². The second-order valence-corrected chi connectivity index (χ2v) is 3.87. The molecular weight excluding hydrogens is 207 g/mol. The van der Waals surface area contributed by atoms with E-state index in [1.165, 1.54) is 17.0 Å². The average molecular weight is 220 g/mol. The van der Waals surface area contributed by atoms with E-state index in [0.717, 1.165) is 19.0 Å². The molecule has 84 valence electrons. The molecule has 0 spiro atoms. The van der Waals surface area contributed by atoms with Crippen LogP contribution in [-0.2, 0) is 4.79 Å². The fraction of sp³-hybridized carbons (Fsp3) is 0.333. The molecule has 0 aliphatic heterocycles. The zero-order valence-corrected chi connectivity index (χ0v) is 9.06. The summed E-state index contributed by atoms with van der Waals surface area (Å²) in [5.41, 5.74) is 0. The van der Waals surface area contributed by atoms with Gasteiger partial charge in [-0.25, -0.2) is 9.37 Å². The fourth-order valence-electron chi connectivity index (χ4n) is 1.77. The van der Waals surface area contributed by atoms with E-state index in [9.17, 15) is 9.18 Å². The molecule has 1 amide bonds. The van der Waals surface area contributed by atoms with Crippen molar-refractivity contribution < 1.29 is 9.18 Å². The Bertz CT molecular complexity index is 406. The van der Waals surface area contributed by atoms with Crippen LogP contribution in [0.1, 0.15) is 12.8 Å². The highest BCUT2D eigenvalue weighted by molar-refractivity contribution is 5.94. The Morgan fingerprint density at radius 3 is 2.69 bits per heavy atom. The van der Waals surface area contributed by atoms with Crippen LogP contribution in [0.25, 0.3) is 0 Å². The molecule has 0 radical (unpaired) electrons. The van der Waals surface area contributed by atoms with Gasteiger partial charge in [0.2, 0.25) is 5.91 Å². The Morgan fingerprint density at radius 2 is 2.12 bits per heavy atom. The minimum absolute atomic E-state index is 0.0110. The van der Waals surface area contributed by atoms with Gasteiger partial charge in [-0.1, -0.05) is 12.2 Å². The molecule has 0 unspecified atom stereocenters. The number of pyridine rings is 1. The molecule has 0 bridgehead atoms. The second kappa shape index (κ2) is 4.43. The topological polar surface area (TPSA) is 33.2 Å². The van der Waals surface area contributed by atoms with Gasteiger partial charge in [0.05, 0.1) is 6.20 Å². The van der Waals surface area contributed by atoms with Gasteiger partial charge in [-0.05, 0) is 25.0 Å². The summed E-state index contributed by atoms with van der Waals surface area (Å²) in [4.78, 5) is 17.3. The molecule has 1 aromatic heterocycles. The first kappa shape index (κ1) is 10.8. The number of allylic oxidation sites excluding steroid dienone is 2. The fourth-order valence-corrected chi connectivity index (χ4v) is 1.77. The van der Waals surface area contributed by atoms with Gasteiger partial charge in [-0.3, -0.25) is 9.69 Å². The highest BCUT2D eigenvalue weighted by Gasteiger charge is 2.23. The van der Waals surface area contributed by atoms with Crippen molar-refractivity contribution in [1.29, 1.82) is 0 Å². The van der Waals surface area contributed by atoms with Crippen molar-refractivity contribution in [2.45, 2.75) is 12.8 Å². The van der Waals surface area contributed by atoms with Crippen LogP contribution >= 0.6 is 0 Å². The maximum absolute atomic E-state index is 12.7. The summed E-state index contributed by atoms with van der Waals surface area (Å²) in [6, 6.07) is 2.81. The highest BCUT2D eigenvalue weighted by atomic mass is 19.1. The van der Waals surface area contributed by atoms with Crippen LogP contribution in [0, 0.1) is 11.7 Å². The zero-order chi connectivity index (χ0) is 11.5. The molecule has 4 heteroatoms. The van der Waals surface area contributed by atoms with E-state index in [0.29, 0.717) is 5.82 Å². The van der Waals surface area contributed by atoms with Gasteiger partial charge < -0.3 is 0 Å².